The van der Waals surface area contributed by atoms with Gasteiger partial charge in [-0.25, -0.2) is 4.79 Å². The van der Waals surface area contributed by atoms with Gasteiger partial charge in [0, 0.05) is 13.1 Å². The minimum absolute atomic E-state index is 0.0631. The van der Waals surface area contributed by atoms with E-state index in [1.54, 1.807) is 4.90 Å². The Balaban J connectivity index is 3.96. The lowest BCUT2D eigenvalue weighted by Gasteiger charge is -2.20. The van der Waals surface area contributed by atoms with Crippen LogP contribution in [0.1, 0.15) is 39.5 Å². The molecule has 3 nitrogen and oxygen atoms in total. The van der Waals surface area contributed by atoms with E-state index in [1.807, 2.05) is 0 Å². The molecule has 0 heterocycles. The summed E-state index contributed by atoms with van der Waals surface area (Å²) in [4.78, 5) is 13.3. The molecule has 0 N–H and O–H groups in total. The van der Waals surface area contributed by atoms with Gasteiger partial charge in [0.25, 0.3) is 0 Å². The zero-order chi connectivity index (χ0) is 11.5. The number of unbranched alkanes of at least 4 members (excludes halogenated alkanes) is 2. The lowest BCUT2D eigenvalue weighted by atomic mass is 10.3. The molecule has 15 heavy (non-hydrogen) atoms. The van der Waals surface area contributed by atoms with Crippen LogP contribution in [0.3, 0.4) is 0 Å². The number of rotatable bonds is 7. The van der Waals surface area contributed by atoms with Crippen LogP contribution in [0.2, 0.25) is 0 Å². The summed E-state index contributed by atoms with van der Waals surface area (Å²) in [7, 11) is 0. The van der Waals surface area contributed by atoms with Gasteiger partial charge in [0.2, 0.25) is 0 Å². The molecule has 0 unspecified atom stereocenters. The van der Waals surface area contributed by atoms with Gasteiger partial charge in [-0.2, -0.15) is 0 Å². The Labute approximate surface area is 92.8 Å². The van der Waals surface area contributed by atoms with E-state index in [0.29, 0.717) is 0 Å². The van der Waals surface area contributed by atoms with Crippen LogP contribution in [-0.4, -0.2) is 30.7 Å². The van der Waals surface area contributed by atoms with Gasteiger partial charge in [0.05, 0.1) is 0 Å². The molecule has 0 aromatic carbocycles. The van der Waals surface area contributed by atoms with E-state index < -0.39 is 0 Å². The van der Waals surface area contributed by atoms with Gasteiger partial charge >= 0.3 is 6.09 Å². The summed E-state index contributed by atoms with van der Waals surface area (Å²) in [6.45, 7) is 5.79. The summed E-state index contributed by atoms with van der Waals surface area (Å²) < 4.78 is 4.90. The molecule has 0 atom stereocenters. The van der Waals surface area contributed by atoms with Crippen molar-refractivity contribution in [1.82, 2.24) is 4.90 Å². The van der Waals surface area contributed by atoms with Gasteiger partial charge in [0.1, 0.15) is 0 Å². The van der Waals surface area contributed by atoms with E-state index in [0.717, 1.165) is 38.8 Å². The summed E-state index contributed by atoms with van der Waals surface area (Å²) in [6, 6.07) is 0. The molecule has 1 amide bonds. The van der Waals surface area contributed by atoms with Crippen molar-refractivity contribution in [3.05, 3.63) is 0 Å². The Morgan fingerprint density at radius 2 is 1.80 bits per heavy atom. The molecule has 0 saturated heterocycles. The Bertz CT molecular complexity index is 200. The van der Waals surface area contributed by atoms with Gasteiger partial charge in [0.15, 0.2) is 6.61 Å². The number of terminal acetylenes is 1. The highest BCUT2D eigenvalue weighted by molar-refractivity contribution is 5.67. The van der Waals surface area contributed by atoms with Crippen molar-refractivity contribution >= 4 is 6.09 Å². The van der Waals surface area contributed by atoms with Crippen LogP contribution in [-0.2, 0) is 4.74 Å². The van der Waals surface area contributed by atoms with E-state index in [9.17, 15) is 4.79 Å². The van der Waals surface area contributed by atoms with E-state index in [1.165, 1.54) is 0 Å². The Morgan fingerprint density at radius 1 is 1.27 bits per heavy atom. The second-order valence-electron chi connectivity index (χ2n) is 3.45. The third kappa shape index (κ3) is 6.84. The molecule has 0 aromatic heterocycles. The maximum absolute atomic E-state index is 11.5. The average molecular weight is 211 g/mol. The molecule has 0 aliphatic heterocycles. The van der Waals surface area contributed by atoms with E-state index in [4.69, 9.17) is 11.2 Å². The molecule has 3 heteroatoms. The molecular weight excluding hydrogens is 190 g/mol. The standard InChI is InChI=1S/C12H21NO2/c1-4-7-9-13(10-8-5-2)12(14)15-11-6-3/h3H,4-5,7-11H2,1-2H3. The second kappa shape index (κ2) is 9.39. The maximum Gasteiger partial charge on any atom is 0.410 e. The van der Waals surface area contributed by atoms with Crippen molar-refractivity contribution < 1.29 is 9.53 Å². The van der Waals surface area contributed by atoms with Crippen LogP contribution in [0.4, 0.5) is 4.79 Å². The van der Waals surface area contributed by atoms with Crippen molar-refractivity contribution in [2.75, 3.05) is 19.7 Å². The van der Waals surface area contributed by atoms with Crippen molar-refractivity contribution in [2.45, 2.75) is 39.5 Å². The Hall–Kier alpha value is -1.17. The lowest BCUT2D eigenvalue weighted by Crippen LogP contribution is -2.33. The van der Waals surface area contributed by atoms with Crippen molar-refractivity contribution in [3.8, 4) is 12.3 Å². The molecule has 0 bridgehead atoms. The highest BCUT2D eigenvalue weighted by Gasteiger charge is 2.12. The largest absolute Gasteiger partial charge is 0.436 e. The lowest BCUT2D eigenvalue weighted by molar-refractivity contribution is 0.113. The van der Waals surface area contributed by atoms with Gasteiger partial charge in [-0.3, -0.25) is 0 Å². The summed E-state index contributed by atoms with van der Waals surface area (Å²) in [5.41, 5.74) is 0. The molecule has 0 aliphatic rings. The second-order valence-corrected chi connectivity index (χ2v) is 3.45. The highest BCUT2D eigenvalue weighted by Crippen LogP contribution is 2.01. The molecule has 0 fully saturated rings. The van der Waals surface area contributed by atoms with E-state index in [-0.39, 0.29) is 12.7 Å². The first-order valence-electron chi connectivity index (χ1n) is 5.61. The fraction of sp³-hybridized carbons (Fsp3) is 0.750. The summed E-state index contributed by atoms with van der Waals surface area (Å²) >= 11 is 0. The van der Waals surface area contributed by atoms with Crippen LogP contribution in [0.5, 0.6) is 0 Å². The van der Waals surface area contributed by atoms with Crippen molar-refractivity contribution in [1.29, 1.82) is 0 Å². The number of amides is 1. The molecule has 86 valence electrons. The predicted molar refractivity (Wildman–Crippen MR) is 61.6 cm³/mol. The van der Waals surface area contributed by atoms with Crippen LogP contribution in [0, 0.1) is 12.3 Å². The van der Waals surface area contributed by atoms with Gasteiger partial charge in [-0.05, 0) is 12.8 Å². The predicted octanol–water partition coefficient (Wildman–Crippen LogP) is 2.66. The molecule has 0 rings (SSSR count). The molecule has 0 spiro atoms. The zero-order valence-corrected chi connectivity index (χ0v) is 9.79. The summed E-state index contributed by atoms with van der Waals surface area (Å²) in [6.07, 6.45) is 8.92. The fourth-order valence-corrected chi connectivity index (χ4v) is 1.19. The normalized spacial score (nSPS) is 9.40. The number of nitrogens with zero attached hydrogens (tertiary/aromatic N) is 1. The topological polar surface area (TPSA) is 29.5 Å². The smallest absolute Gasteiger partial charge is 0.410 e. The number of carbonyl (C=O) groups is 1. The minimum atomic E-state index is -0.283. The highest BCUT2D eigenvalue weighted by atomic mass is 16.6. The van der Waals surface area contributed by atoms with Crippen LogP contribution in [0.15, 0.2) is 0 Å². The first-order chi connectivity index (χ1) is 7.26. The van der Waals surface area contributed by atoms with Gasteiger partial charge < -0.3 is 9.64 Å². The third-order valence-electron chi connectivity index (χ3n) is 2.10. The maximum atomic E-state index is 11.5. The summed E-state index contributed by atoms with van der Waals surface area (Å²) in [5, 5.41) is 0. The van der Waals surface area contributed by atoms with Crippen LogP contribution in [0.25, 0.3) is 0 Å². The van der Waals surface area contributed by atoms with Crippen LogP contribution >= 0.6 is 0 Å². The first-order valence-corrected chi connectivity index (χ1v) is 5.61. The number of hydrogen-bond donors (Lipinski definition) is 0. The van der Waals surface area contributed by atoms with E-state index >= 15 is 0 Å². The molecule has 0 saturated carbocycles. The first kappa shape index (κ1) is 13.8. The quantitative estimate of drug-likeness (QED) is 0.606. The van der Waals surface area contributed by atoms with E-state index in [2.05, 4.69) is 19.8 Å². The van der Waals surface area contributed by atoms with Crippen molar-refractivity contribution in [2.24, 2.45) is 0 Å². The average Bonchev–Trinajstić information content (AvgIpc) is 2.26. The molecule has 0 aromatic rings. The molecular formula is C12H21NO2. The fourth-order valence-electron chi connectivity index (χ4n) is 1.19. The number of ether oxygens (including phenoxy) is 1. The monoisotopic (exact) mass is 211 g/mol. The number of hydrogen-bond acceptors (Lipinski definition) is 2. The molecule has 0 aliphatic carbocycles. The zero-order valence-electron chi connectivity index (χ0n) is 9.79. The van der Waals surface area contributed by atoms with Gasteiger partial charge in [-0.15, -0.1) is 6.42 Å². The Kier molecular flexibility index (Phi) is 8.66. The number of carbonyl (C=O) groups excluding carboxylic acids is 1. The van der Waals surface area contributed by atoms with Crippen LogP contribution < -0.4 is 0 Å². The SMILES string of the molecule is C#CCOC(=O)N(CCCC)CCCC. The summed E-state index contributed by atoms with van der Waals surface area (Å²) in [5.74, 6) is 2.30. The molecule has 0 radical (unpaired) electrons. The third-order valence-corrected chi connectivity index (χ3v) is 2.10. The Morgan fingerprint density at radius 3 is 2.20 bits per heavy atom. The minimum Gasteiger partial charge on any atom is -0.436 e. The van der Waals surface area contributed by atoms with Crippen molar-refractivity contribution in [3.63, 3.8) is 0 Å². The van der Waals surface area contributed by atoms with Gasteiger partial charge in [-0.1, -0.05) is 32.6 Å².